The second kappa shape index (κ2) is 5.33. The molecule has 0 aliphatic rings. The third kappa shape index (κ3) is 3.57. The van der Waals surface area contributed by atoms with Crippen LogP contribution in [0.4, 0.5) is 0 Å². The zero-order valence-electron chi connectivity index (χ0n) is 9.16. The number of thioether (sulfide) groups is 1. The Kier molecular flexibility index (Phi) is 3.80. The van der Waals surface area contributed by atoms with E-state index in [1.54, 1.807) is 21.8 Å². The summed E-state index contributed by atoms with van der Waals surface area (Å²) in [6.45, 7) is 0. The van der Waals surface area contributed by atoms with Gasteiger partial charge in [0.05, 0.1) is 17.8 Å². The van der Waals surface area contributed by atoms with Gasteiger partial charge < -0.3 is 5.11 Å². The first-order valence-electron chi connectivity index (χ1n) is 4.91. The minimum absolute atomic E-state index is 0.0132. The summed E-state index contributed by atoms with van der Waals surface area (Å²) in [5.74, 6) is -0.0995. The van der Waals surface area contributed by atoms with Crippen LogP contribution in [0.1, 0.15) is 11.4 Å². The molecule has 0 radical (unpaired) electrons. The van der Waals surface area contributed by atoms with Crippen LogP contribution in [0.2, 0.25) is 0 Å². The highest BCUT2D eigenvalue weighted by atomic mass is 32.2. The van der Waals surface area contributed by atoms with Gasteiger partial charge in [-0.3, -0.25) is 9.48 Å². The number of nitrogens with zero attached hydrogens (tertiary/aromatic N) is 3. The summed E-state index contributed by atoms with van der Waals surface area (Å²) in [4.78, 5) is 14.7. The summed E-state index contributed by atoms with van der Waals surface area (Å²) in [6.07, 6.45) is 1.88. The molecule has 90 valence electrons. The van der Waals surface area contributed by atoms with Crippen LogP contribution in [0.25, 0.3) is 0 Å². The number of carboxylic acids is 1. The lowest BCUT2D eigenvalue weighted by Gasteiger charge is -1.93. The van der Waals surface area contributed by atoms with Gasteiger partial charge in [0.1, 0.15) is 0 Å². The largest absolute Gasteiger partial charge is 0.481 e. The standard InChI is InChI=1S/C10H11N3O2S2/c1-13-3-2-7(12-13)5-16-10-11-8(6-17-10)4-9(14)15/h2-3,6H,4-5H2,1H3,(H,14,15). The Hall–Kier alpha value is -1.34. The molecule has 0 bridgehead atoms. The van der Waals surface area contributed by atoms with E-state index in [0.717, 1.165) is 15.8 Å². The molecule has 0 spiro atoms. The number of hydrogen-bond donors (Lipinski definition) is 1. The molecule has 0 fully saturated rings. The zero-order chi connectivity index (χ0) is 12.3. The van der Waals surface area contributed by atoms with Crippen LogP contribution in [0.15, 0.2) is 22.0 Å². The van der Waals surface area contributed by atoms with Gasteiger partial charge in [0.25, 0.3) is 0 Å². The van der Waals surface area contributed by atoms with Crippen molar-refractivity contribution in [1.29, 1.82) is 0 Å². The van der Waals surface area contributed by atoms with Gasteiger partial charge in [-0.2, -0.15) is 5.10 Å². The molecular formula is C10H11N3O2S2. The molecule has 5 nitrogen and oxygen atoms in total. The lowest BCUT2D eigenvalue weighted by Crippen LogP contribution is -1.99. The van der Waals surface area contributed by atoms with E-state index in [1.807, 2.05) is 19.3 Å². The number of hydrogen-bond acceptors (Lipinski definition) is 5. The summed E-state index contributed by atoms with van der Waals surface area (Å²) >= 11 is 3.04. The molecule has 2 aromatic rings. The highest BCUT2D eigenvalue weighted by Gasteiger charge is 2.07. The van der Waals surface area contributed by atoms with E-state index in [1.165, 1.54) is 11.3 Å². The van der Waals surface area contributed by atoms with Crippen LogP contribution >= 0.6 is 23.1 Å². The number of aryl methyl sites for hydroxylation is 1. The van der Waals surface area contributed by atoms with Crippen molar-refractivity contribution in [3.05, 3.63) is 29.0 Å². The molecule has 0 aliphatic heterocycles. The van der Waals surface area contributed by atoms with Gasteiger partial charge in [-0.05, 0) is 6.07 Å². The summed E-state index contributed by atoms with van der Waals surface area (Å²) in [5.41, 5.74) is 1.61. The van der Waals surface area contributed by atoms with Crippen LogP contribution in [0.3, 0.4) is 0 Å². The SMILES string of the molecule is Cn1ccc(CSc2nc(CC(=O)O)cs2)n1. The molecule has 17 heavy (non-hydrogen) atoms. The Morgan fingerprint density at radius 3 is 3.06 bits per heavy atom. The Morgan fingerprint density at radius 2 is 2.41 bits per heavy atom. The maximum atomic E-state index is 10.5. The summed E-state index contributed by atoms with van der Waals surface area (Å²) in [5, 5.41) is 14.7. The predicted molar refractivity (Wildman–Crippen MR) is 66.2 cm³/mol. The normalized spacial score (nSPS) is 10.6. The number of aliphatic carboxylic acids is 1. The Balaban J connectivity index is 1.91. The molecule has 7 heteroatoms. The van der Waals surface area contributed by atoms with E-state index in [4.69, 9.17) is 5.11 Å². The first-order chi connectivity index (χ1) is 8.13. The van der Waals surface area contributed by atoms with E-state index in [2.05, 4.69) is 10.1 Å². The average molecular weight is 269 g/mol. The second-order valence-electron chi connectivity index (χ2n) is 3.44. The molecule has 0 aliphatic carbocycles. The van der Waals surface area contributed by atoms with Gasteiger partial charge in [-0.15, -0.1) is 11.3 Å². The van der Waals surface area contributed by atoms with Crippen molar-refractivity contribution in [2.75, 3.05) is 0 Å². The first kappa shape index (κ1) is 12.1. The Bertz CT molecular complexity index is 521. The molecule has 0 unspecified atom stereocenters. The third-order valence-electron chi connectivity index (χ3n) is 1.98. The predicted octanol–water partition coefficient (Wildman–Crippen LogP) is 1.80. The highest BCUT2D eigenvalue weighted by Crippen LogP contribution is 2.25. The molecular weight excluding hydrogens is 258 g/mol. The van der Waals surface area contributed by atoms with E-state index in [9.17, 15) is 4.79 Å². The molecule has 0 saturated carbocycles. The molecule has 0 amide bonds. The van der Waals surface area contributed by atoms with E-state index in [0.29, 0.717) is 5.69 Å². The van der Waals surface area contributed by atoms with Crippen LogP contribution in [-0.4, -0.2) is 25.8 Å². The van der Waals surface area contributed by atoms with Crippen molar-refractivity contribution in [3.8, 4) is 0 Å². The van der Waals surface area contributed by atoms with Crippen molar-refractivity contribution in [2.24, 2.45) is 7.05 Å². The minimum Gasteiger partial charge on any atom is -0.481 e. The molecule has 1 N–H and O–H groups in total. The van der Waals surface area contributed by atoms with Crippen molar-refractivity contribution in [1.82, 2.24) is 14.8 Å². The first-order valence-corrected chi connectivity index (χ1v) is 6.77. The molecule has 0 aromatic carbocycles. The van der Waals surface area contributed by atoms with Gasteiger partial charge in [0, 0.05) is 24.4 Å². The highest BCUT2D eigenvalue weighted by molar-refractivity contribution is 8.00. The van der Waals surface area contributed by atoms with Crippen LogP contribution in [0.5, 0.6) is 0 Å². The van der Waals surface area contributed by atoms with Crippen molar-refractivity contribution < 1.29 is 9.90 Å². The summed E-state index contributed by atoms with van der Waals surface area (Å²) in [6, 6.07) is 1.96. The van der Waals surface area contributed by atoms with Gasteiger partial charge >= 0.3 is 5.97 Å². The van der Waals surface area contributed by atoms with E-state index >= 15 is 0 Å². The lowest BCUT2D eigenvalue weighted by molar-refractivity contribution is -0.136. The van der Waals surface area contributed by atoms with Gasteiger partial charge in [-0.1, -0.05) is 11.8 Å². The van der Waals surface area contributed by atoms with Crippen LogP contribution in [-0.2, 0) is 24.0 Å². The second-order valence-corrected chi connectivity index (χ2v) is 5.53. The number of aromatic nitrogens is 3. The van der Waals surface area contributed by atoms with Crippen LogP contribution < -0.4 is 0 Å². The lowest BCUT2D eigenvalue weighted by atomic mass is 10.3. The number of carbonyl (C=O) groups is 1. The maximum absolute atomic E-state index is 10.5. The zero-order valence-corrected chi connectivity index (χ0v) is 10.8. The smallest absolute Gasteiger partial charge is 0.309 e. The number of thiazole rings is 1. The van der Waals surface area contributed by atoms with E-state index < -0.39 is 5.97 Å². The van der Waals surface area contributed by atoms with Gasteiger partial charge in [0.2, 0.25) is 0 Å². The summed E-state index contributed by atoms with van der Waals surface area (Å²) < 4.78 is 2.64. The fraction of sp³-hybridized carbons (Fsp3) is 0.300. The fourth-order valence-electron chi connectivity index (χ4n) is 1.27. The molecule has 2 aromatic heterocycles. The van der Waals surface area contributed by atoms with Crippen molar-refractivity contribution in [2.45, 2.75) is 16.5 Å². The minimum atomic E-state index is -0.850. The molecule has 0 atom stereocenters. The number of rotatable bonds is 5. The summed E-state index contributed by atoms with van der Waals surface area (Å²) in [7, 11) is 1.88. The van der Waals surface area contributed by atoms with Gasteiger partial charge in [-0.25, -0.2) is 4.98 Å². The van der Waals surface area contributed by atoms with Gasteiger partial charge in [0.15, 0.2) is 4.34 Å². The third-order valence-corrected chi connectivity index (χ3v) is 4.08. The topological polar surface area (TPSA) is 68.0 Å². The average Bonchev–Trinajstić information content (AvgIpc) is 2.84. The molecule has 2 heterocycles. The van der Waals surface area contributed by atoms with E-state index in [-0.39, 0.29) is 6.42 Å². The molecule has 2 rings (SSSR count). The fourth-order valence-corrected chi connectivity index (χ4v) is 3.01. The number of carboxylic acid groups (broad SMARTS) is 1. The quantitative estimate of drug-likeness (QED) is 0.838. The van der Waals surface area contributed by atoms with Crippen molar-refractivity contribution >= 4 is 29.1 Å². The monoisotopic (exact) mass is 269 g/mol. The Morgan fingerprint density at radius 1 is 1.59 bits per heavy atom. The van der Waals surface area contributed by atoms with Crippen molar-refractivity contribution in [3.63, 3.8) is 0 Å². The molecule has 0 saturated heterocycles. The maximum Gasteiger partial charge on any atom is 0.309 e. The van der Waals surface area contributed by atoms with Crippen LogP contribution in [0, 0.1) is 0 Å². The Labute approximate surface area is 106 Å².